The van der Waals surface area contributed by atoms with Gasteiger partial charge in [0.25, 0.3) is 0 Å². The average molecular weight is 474 g/mol. The molecule has 144 valence electrons. The van der Waals surface area contributed by atoms with E-state index < -0.39 is 6.36 Å². The number of nitrogens with zero attached hydrogens (tertiary/aromatic N) is 2. The number of alkyl halides is 3. The van der Waals surface area contributed by atoms with Crippen LogP contribution < -0.4 is 15.4 Å². The van der Waals surface area contributed by atoms with E-state index in [-0.39, 0.29) is 36.3 Å². The standard InChI is InChI=1S/C16H25F3N4O.HI/c1-12(2)23(4)10-9-21-15(20-3)22-11-13-7-5-6-8-14(13)24-16(17,18)19;/h5-8,12H,9-11H2,1-4H3,(H2,20,21,22);1H. The van der Waals surface area contributed by atoms with E-state index in [9.17, 15) is 13.2 Å². The van der Waals surface area contributed by atoms with Gasteiger partial charge in [-0.25, -0.2) is 0 Å². The van der Waals surface area contributed by atoms with Gasteiger partial charge in [-0.15, -0.1) is 37.1 Å². The largest absolute Gasteiger partial charge is 0.573 e. The molecular formula is C16H26F3IN4O. The quantitative estimate of drug-likeness (QED) is 0.362. The highest BCUT2D eigenvalue weighted by molar-refractivity contribution is 14.0. The van der Waals surface area contributed by atoms with E-state index in [1.807, 2.05) is 7.05 Å². The number of aliphatic imine (C=N–C) groups is 1. The Morgan fingerprint density at radius 3 is 2.44 bits per heavy atom. The van der Waals surface area contributed by atoms with E-state index in [0.717, 1.165) is 6.54 Å². The summed E-state index contributed by atoms with van der Waals surface area (Å²) in [5.41, 5.74) is 0.400. The van der Waals surface area contributed by atoms with Crippen molar-refractivity contribution in [1.29, 1.82) is 0 Å². The lowest BCUT2D eigenvalue weighted by molar-refractivity contribution is -0.274. The van der Waals surface area contributed by atoms with Crippen molar-refractivity contribution in [3.8, 4) is 5.75 Å². The Kier molecular flexibility index (Phi) is 10.8. The topological polar surface area (TPSA) is 48.9 Å². The first-order valence-electron chi connectivity index (χ1n) is 7.71. The predicted octanol–water partition coefficient (Wildman–Crippen LogP) is 3.21. The monoisotopic (exact) mass is 474 g/mol. The van der Waals surface area contributed by atoms with Gasteiger partial charge in [0.2, 0.25) is 0 Å². The van der Waals surface area contributed by atoms with Crippen LogP contribution in [-0.4, -0.2) is 50.4 Å². The van der Waals surface area contributed by atoms with Gasteiger partial charge in [0.1, 0.15) is 5.75 Å². The van der Waals surface area contributed by atoms with Crippen LogP contribution in [0.2, 0.25) is 0 Å². The summed E-state index contributed by atoms with van der Waals surface area (Å²) < 4.78 is 41.3. The molecule has 0 aliphatic rings. The minimum absolute atomic E-state index is 0. The molecular weight excluding hydrogens is 448 g/mol. The Bertz CT molecular complexity index is 538. The SMILES string of the molecule is CN=C(NCCN(C)C(C)C)NCc1ccccc1OC(F)(F)F.I. The molecule has 9 heteroatoms. The lowest BCUT2D eigenvalue weighted by Gasteiger charge is -2.22. The van der Waals surface area contributed by atoms with Crippen molar-refractivity contribution in [3.05, 3.63) is 29.8 Å². The first kappa shape index (κ1) is 23.8. The average Bonchev–Trinajstić information content (AvgIpc) is 2.50. The molecule has 5 nitrogen and oxygen atoms in total. The Morgan fingerprint density at radius 2 is 1.88 bits per heavy atom. The van der Waals surface area contributed by atoms with Crippen LogP contribution in [0.4, 0.5) is 13.2 Å². The van der Waals surface area contributed by atoms with Crippen molar-refractivity contribution >= 4 is 29.9 Å². The number of rotatable bonds is 7. The Morgan fingerprint density at radius 1 is 1.24 bits per heavy atom. The number of likely N-dealkylation sites (N-methyl/N-ethyl adjacent to an activating group) is 1. The van der Waals surface area contributed by atoms with E-state index in [2.05, 4.69) is 39.1 Å². The molecule has 0 heterocycles. The molecule has 0 atom stereocenters. The lowest BCUT2D eigenvalue weighted by atomic mass is 10.2. The highest BCUT2D eigenvalue weighted by atomic mass is 127. The molecule has 0 saturated carbocycles. The van der Waals surface area contributed by atoms with Gasteiger partial charge in [0, 0.05) is 38.3 Å². The van der Waals surface area contributed by atoms with Crippen molar-refractivity contribution in [2.24, 2.45) is 4.99 Å². The van der Waals surface area contributed by atoms with Crippen LogP contribution in [0, 0.1) is 0 Å². The van der Waals surface area contributed by atoms with Gasteiger partial charge in [-0.3, -0.25) is 4.99 Å². The first-order chi connectivity index (χ1) is 11.2. The van der Waals surface area contributed by atoms with E-state index in [1.165, 1.54) is 12.1 Å². The molecule has 0 aliphatic carbocycles. The van der Waals surface area contributed by atoms with Crippen LogP contribution in [0.5, 0.6) is 5.75 Å². The molecule has 0 aromatic heterocycles. The van der Waals surface area contributed by atoms with E-state index in [4.69, 9.17) is 0 Å². The Balaban J connectivity index is 0.00000576. The number of nitrogens with one attached hydrogen (secondary N) is 2. The number of benzene rings is 1. The predicted molar refractivity (Wildman–Crippen MR) is 105 cm³/mol. The summed E-state index contributed by atoms with van der Waals surface area (Å²) in [5.74, 6) is 0.307. The van der Waals surface area contributed by atoms with Crippen molar-refractivity contribution in [2.45, 2.75) is 32.8 Å². The van der Waals surface area contributed by atoms with Crippen LogP contribution in [-0.2, 0) is 6.54 Å². The van der Waals surface area contributed by atoms with Crippen molar-refractivity contribution in [1.82, 2.24) is 15.5 Å². The van der Waals surface area contributed by atoms with Gasteiger partial charge in [-0.05, 0) is 27.0 Å². The third-order valence-corrected chi connectivity index (χ3v) is 3.51. The summed E-state index contributed by atoms with van der Waals surface area (Å²) >= 11 is 0. The zero-order valence-electron chi connectivity index (χ0n) is 14.9. The summed E-state index contributed by atoms with van der Waals surface area (Å²) in [7, 11) is 3.63. The number of halogens is 4. The van der Waals surface area contributed by atoms with Gasteiger partial charge in [0.15, 0.2) is 5.96 Å². The highest BCUT2D eigenvalue weighted by Gasteiger charge is 2.31. The third-order valence-electron chi connectivity index (χ3n) is 3.51. The Labute approximate surface area is 164 Å². The fourth-order valence-electron chi connectivity index (χ4n) is 1.88. The molecule has 1 aromatic rings. The minimum Gasteiger partial charge on any atom is -0.405 e. The summed E-state index contributed by atoms with van der Waals surface area (Å²) in [5, 5.41) is 6.12. The van der Waals surface area contributed by atoms with Crippen LogP contribution in [0.1, 0.15) is 19.4 Å². The lowest BCUT2D eigenvalue weighted by Crippen LogP contribution is -2.41. The molecule has 0 bridgehead atoms. The molecule has 0 amide bonds. The second-order valence-electron chi connectivity index (χ2n) is 5.58. The second kappa shape index (κ2) is 11.4. The van der Waals surface area contributed by atoms with E-state index in [0.29, 0.717) is 24.1 Å². The fraction of sp³-hybridized carbons (Fsp3) is 0.562. The van der Waals surface area contributed by atoms with Gasteiger partial charge < -0.3 is 20.3 Å². The molecule has 0 saturated heterocycles. The van der Waals surface area contributed by atoms with Crippen molar-refractivity contribution < 1.29 is 17.9 Å². The number of para-hydroxylation sites is 1. The van der Waals surface area contributed by atoms with Crippen LogP contribution >= 0.6 is 24.0 Å². The number of hydrogen-bond donors (Lipinski definition) is 2. The molecule has 25 heavy (non-hydrogen) atoms. The number of hydrogen-bond acceptors (Lipinski definition) is 3. The first-order valence-corrected chi connectivity index (χ1v) is 7.71. The van der Waals surface area contributed by atoms with Crippen molar-refractivity contribution in [2.75, 3.05) is 27.2 Å². The fourth-order valence-corrected chi connectivity index (χ4v) is 1.88. The summed E-state index contributed by atoms with van der Waals surface area (Å²) in [6.45, 7) is 5.88. The smallest absolute Gasteiger partial charge is 0.405 e. The van der Waals surface area contributed by atoms with Gasteiger partial charge in [-0.2, -0.15) is 0 Å². The van der Waals surface area contributed by atoms with Crippen LogP contribution in [0.15, 0.2) is 29.3 Å². The van der Waals surface area contributed by atoms with E-state index in [1.54, 1.807) is 19.2 Å². The molecule has 0 unspecified atom stereocenters. The zero-order chi connectivity index (χ0) is 18.2. The maximum absolute atomic E-state index is 12.4. The van der Waals surface area contributed by atoms with Gasteiger partial charge >= 0.3 is 6.36 Å². The van der Waals surface area contributed by atoms with Crippen molar-refractivity contribution in [3.63, 3.8) is 0 Å². The molecule has 0 fully saturated rings. The third kappa shape index (κ3) is 9.73. The molecule has 2 N–H and O–H groups in total. The highest BCUT2D eigenvalue weighted by Crippen LogP contribution is 2.25. The second-order valence-corrected chi connectivity index (χ2v) is 5.58. The molecule has 1 rings (SSSR count). The molecule has 1 aromatic carbocycles. The van der Waals surface area contributed by atoms with Gasteiger partial charge in [-0.1, -0.05) is 18.2 Å². The van der Waals surface area contributed by atoms with Gasteiger partial charge in [0.05, 0.1) is 0 Å². The molecule has 0 aliphatic heterocycles. The maximum Gasteiger partial charge on any atom is 0.573 e. The zero-order valence-corrected chi connectivity index (χ0v) is 17.2. The van der Waals surface area contributed by atoms with Crippen LogP contribution in [0.25, 0.3) is 0 Å². The Hall–Kier alpha value is -1.23. The summed E-state index contributed by atoms with van der Waals surface area (Å²) in [6.07, 6.45) is -4.71. The normalized spacial score (nSPS) is 12.1. The van der Waals surface area contributed by atoms with Crippen LogP contribution in [0.3, 0.4) is 0 Å². The summed E-state index contributed by atoms with van der Waals surface area (Å²) in [6, 6.07) is 6.47. The number of guanidine groups is 1. The molecule has 0 spiro atoms. The molecule has 0 radical (unpaired) electrons. The summed E-state index contributed by atoms with van der Waals surface area (Å²) in [4.78, 5) is 6.24. The minimum atomic E-state index is -4.71. The maximum atomic E-state index is 12.4. The van der Waals surface area contributed by atoms with E-state index >= 15 is 0 Å². The number of ether oxygens (including phenoxy) is 1.